The summed E-state index contributed by atoms with van der Waals surface area (Å²) in [6.07, 6.45) is 5.55. The van der Waals surface area contributed by atoms with Crippen molar-refractivity contribution >= 4 is 10.1 Å². The summed E-state index contributed by atoms with van der Waals surface area (Å²) in [5.74, 6) is 1.81. The highest BCUT2D eigenvalue weighted by Gasteiger charge is 2.59. The minimum Gasteiger partial charge on any atom is -0.384 e. The second-order valence-corrected chi connectivity index (χ2v) is 10.0. The maximum Gasteiger partial charge on any atom is 0.306 e. The van der Waals surface area contributed by atoms with E-state index in [1.54, 1.807) is 13.2 Å². The third-order valence-corrected chi connectivity index (χ3v) is 7.24. The molecule has 0 radical (unpaired) electrons. The highest BCUT2D eigenvalue weighted by atomic mass is 32.2. The molecule has 0 N–H and O–H groups in total. The molecule has 4 rings (SSSR count). The first-order valence-electron chi connectivity index (χ1n) is 9.90. The Morgan fingerprint density at radius 3 is 2.79 bits per heavy atom. The number of benzene rings is 1. The van der Waals surface area contributed by atoms with Gasteiger partial charge in [-0.25, -0.2) is 0 Å². The van der Waals surface area contributed by atoms with E-state index in [2.05, 4.69) is 6.07 Å². The predicted molar refractivity (Wildman–Crippen MR) is 104 cm³/mol. The molecule has 152 valence electrons. The third kappa shape index (κ3) is 3.66. The number of hydrogen-bond acceptors (Lipinski definition) is 6. The molecular weight excluding hydrogens is 378 g/mol. The Hall–Kier alpha value is -1.62. The molecule has 1 heterocycles. The largest absolute Gasteiger partial charge is 0.384 e. The van der Waals surface area contributed by atoms with Crippen LogP contribution in [0.2, 0.25) is 0 Å². The summed E-state index contributed by atoms with van der Waals surface area (Å²) >= 11 is 0. The average Bonchev–Trinajstić information content (AvgIpc) is 3.40. The smallest absolute Gasteiger partial charge is 0.306 e. The molecule has 0 bridgehead atoms. The van der Waals surface area contributed by atoms with Crippen LogP contribution in [0.4, 0.5) is 0 Å². The Labute approximate surface area is 166 Å². The fourth-order valence-electron chi connectivity index (χ4n) is 5.62. The quantitative estimate of drug-likeness (QED) is 0.533. The van der Waals surface area contributed by atoms with Gasteiger partial charge in [-0.3, -0.25) is 0 Å². The standard InChI is InChI=1S/C21H27NO5S/c1-25-12-14-10-19-17(7-8-21(13-26-21)20(19)4-3-9-22)16-6-5-15(11-18(14)16)27-28(2,23)24/h5-6,11,14,17,19-20H,3-4,7-8,10,12-13H2,1-2H3/t14-,17+,19+,20-,21?/m0/s1. The van der Waals surface area contributed by atoms with E-state index in [-0.39, 0.29) is 11.5 Å². The van der Waals surface area contributed by atoms with Crippen molar-refractivity contribution in [2.45, 2.75) is 49.5 Å². The molecule has 28 heavy (non-hydrogen) atoms. The van der Waals surface area contributed by atoms with Gasteiger partial charge in [0.25, 0.3) is 0 Å². The topological polar surface area (TPSA) is 88.9 Å². The van der Waals surface area contributed by atoms with E-state index in [0.717, 1.165) is 44.1 Å². The number of ether oxygens (including phenoxy) is 2. The monoisotopic (exact) mass is 405 g/mol. The Morgan fingerprint density at radius 1 is 1.36 bits per heavy atom. The van der Waals surface area contributed by atoms with Crippen molar-refractivity contribution in [1.82, 2.24) is 0 Å². The molecule has 1 saturated carbocycles. The molecule has 1 unspecified atom stereocenters. The molecule has 0 aromatic heterocycles. The van der Waals surface area contributed by atoms with E-state index in [4.69, 9.17) is 18.9 Å². The van der Waals surface area contributed by atoms with Gasteiger partial charge in [0.1, 0.15) is 5.75 Å². The highest BCUT2D eigenvalue weighted by Crippen LogP contribution is 2.60. The van der Waals surface area contributed by atoms with E-state index in [0.29, 0.717) is 36.5 Å². The van der Waals surface area contributed by atoms with Crippen molar-refractivity contribution in [3.63, 3.8) is 0 Å². The van der Waals surface area contributed by atoms with Gasteiger partial charge in [0.05, 0.1) is 31.1 Å². The average molecular weight is 406 g/mol. The minimum absolute atomic E-state index is 0.0213. The zero-order valence-electron chi connectivity index (χ0n) is 16.4. The van der Waals surface area contributed by atoms with Crippen LogP contribution in [0.5, 0.6) is 5.75 Å². The van der Waals surface area contributed by atoms with E-state index in [1.807, 2.05) is 12.1 Å². The van der Waals surface area contributed by atoms with Gasteiger partial charge in [-0.05, 0) is 66.7 Å². The number of fused-ring (bicyclic) bond motifs is 3. The lowest BCUT2D eigenvalue weighted by atomic mass is 9.57. The van der Waals surface area contributed by atoms with E-state index in [1.165, 1.54) is 5.56 Å². The Bertz CT molecular complexity index is 887. The summed E-state index contributed by atoms with van der Waals surface area (Å²) in [5.41, 5.74) is 2.39. The second-order valence-electron chi connectivity index (χ2n) is 8.43. The van der Waals surface area contributed by atoms with Crippen LogP contribution < -0.4 is 4.18 Å². The number of nitriles is 1. The number of methoxy groups -OCH3 is 1. The molecule has 1 aromatic carbocycles. The molecule has 1 saturated heterocycles. The van der Waals surface area contributed by atoms with E-state index in [9.17, 15) is 8.42 Å². The van der Waals surface area contributed by atoms with Crippen LogP contribution in [-0.2, 0) is 19.6 Å². The number of rotatable bonds is 6. The first-order valence-corrected chi connectivity index (χ1v) is 11.7. The lowest BCUT2D eigenvalue weighted by Crippen LogP contribution is -2.43. The van der Waals surface area contributed by atoms with Crippen LogP contribution in [0.25, 0.3) is 0 Å². The van der Waals surface area contributed by atoms with Gasteiger partial charge < -0.3 is 13.7 Å². The van der Waals surface area contributed by atoms with Crippen molar-refractivity contribution in [3.8, 4) is 11.8 Å². The molecule has 0 amide bonds. The maximum absolute atomic E-state index is 11.5. The van der Waals surface area contributed by atoms with Crippen molar-refractivity contribution in [2.75, 3.05) is 26.6 Å². The van der Waals surface area contributed by atoms with Gasteiger partial charge in [0.15, 0.2) is 0 Å². The van der Waals surface area contributed by atoms with Crippen LogP contribution in [-0.4, -0.2) is 40.6 Å². The van der Waals surface area contributed by atoms with Gasteiger partial charge in [-0.1, -0.05) is 6.07 Å². The zero-order valence-corrected chi connectivity index (χ0v) is 17.2. The number of nitrogens with zero attached hydrogens (tertiary/aromatic N) is 1. The number of hydrogen-bond donors (Lipinski definition) is 0. The zero-order chi connectivity index (χ0) is 19.9. The van der Waals surface area contributed by atoms with Crippen LogP contribution >= 0.6 is 0 Å². The van der Waals surface area contributed by atoms with Crippen molar-refractivity contribution in [2.24, 2.45) is 11.8 Å². The molecular formula is C21H27NO5S. The van der Waals surface area contributed by atoms with Gasteiger partial charge in [0.2, 0.25) is 0 Å². The van der Waals surface area contributed by atoms with Crippen molar-refractivity contribution < 1.29 is 22.1 Å². The van der Waals surface area contributed by atoms with Crippen LogP contribution in [0, 0.1) is 23.2 Å². The second kappa shape index (κ2) is 7.33. The van der Waals surface area contributed by atoms with Gasteiger partial charge in [-0.2, -0.15) is 13.7 Å². The molecule has 2 fully saturated rings. The molecule has 7 heteroatoms. The summed E-state index contributed by atoms with van der Waals surface area (Å²) in [7, 11) is -1.86. The highest BCUT2D eigenvalue weighted by molar-refractivity contribution is 7.86. The van der Waals surface area contributed by atoms with Crippen LogP contribution in [0.3, 0.4) is 0 Å². The van der Waals surface area contributed by atoms with Crippen LogP contribution in [0.15, 0.2) is 18.2 Å². The third-order valence-electron chi connectivity index (χ3n) is 6.74. The first kappa shape index (κ1) is 19.7. The summed E-state index contributed by atoms with van der Waals surface area (Å²) in [6.45, 7) is 1.40. The lowest BCUT2D eigenvalue weighted by Gasteiger charge is -2.47. The van der Waals surface area contributed by atoms with Gasteiger partial charge in [0, 0.05) is 19.4 Å². The minimum atomic E-state index is -3.56. The molecule has 6 nitrogen and oxygen atoms in total. The SMILES string of the molecule is COC[C@@H]1C[C@@H]2[C@H](CCC3(CO3)[C@H]2CCC#N)c2ccc(OS(C)(=O)=O)cc21. The maximum atomic E-state index is 11.5. The summed E-state index contributed by atoms with van der Waals surface area (Å²) < 4.78 is 39.6. The van der Waals surface area contributed by atoms with E-state index < -0.39 is 10.1 Å². The molecule has 1 aromatic rings. The molecule has 3 aliphatic rings. The predicted octanol–water partition coefficient (Wildman–Crippen LogP) is 3.34. The summed E-state index contributed by atoms with van der Waals surface area (Å²) in [6, 6.07) is 7.97. The molecule has 2 aliphatic carbocycles. The Morgan fingerprint density at radius 2 is 2.14 bits per heavy atom. The lowest BCUT2D eigenvalue weighted by molar-refractivity contribution is 0.0524. The van der Waals surface area contributed by atoms with Crippen LogP contribution in [0.1, 0.15) is 55.1 Å². The first-order chi connectivity index (χ1) is 13.4. The number of epoxide rings is 1. The molecule has 5 atom stereocenters. The normalized spacial score (nSPS) is 33.6. The fourth-order valence-corrected chi connectivity index (χ4v) is 6.07. The van der Waals surface area contributed by atoms with Gasteiger partial charge >= 0.3 is 10.1 Å². The molecule has 1 aliphatic heterocycles. The molecule has 1 spiro atoms. The summed E-state index contributed by atoms with van der Waals surface area (Å²) in [5, 5.41) is 9.13. The summed E-state index contributed by atoms with van der Waals surface area (Å²) in [4.78, 5) is 0. The van der Waals surface area contributed by atoms with E-state index >= 15 is 0 Å². The van der Waals surface area contributed by atoms with Gasteiger partial charge in [-0.15, -0.1) is 0 Å². The van der Waals surface area contributed by atoms with Crippen molar-refractivity contribution in [3.05, 3.63) is 29.3 Å². The van der Waals surface area contributed by atoms with Crippen molar-refractivity contribution in [1.29, 1.82) is 5.26 Å². The fraction of sp³-hybridized carbons (Fsp3) is 0.667. The Balaban J connectivity index is 1.69. The Kier molecular flexibility index (Phi) is 5.15.